The van der Waals surface area contributed by atoms with Crippen molar-refractivity contribution in [3.8, 4) is 0 Å². The molecule has 0 aromatic heterocycles. The summed E-state index contributed by atoms with van der Waals surface area (Å²) in [7, 11) is -4.21. The molecular formula is C29H33ClFN3O4S. The highest BCUT2D eigenvalue weighted by Crippen LogP contribution is 2.29. The fourth-order valence-corrected chi connectivity index (χ4v) is 5.75. The molecule has 0 spiro atoms. The van der Waals surface area contributed by atoms with Gasteiger partial charge in [0.1, 0.15) is 18.4 Å². The van der Waals surface area contributed by atoms with Gasteiger partial charge in [-0.2, -0.15) is 0 Å². The Labute approximate surface area is 234 Å². The summed E-state index contributed by atoms with van der Waals surface area (Å²) >= 11 is 6.13. The van der Waals surface area contributed by atoms with Gasteiger partial charge in [-0.1, -0.05) is 47.5 Å². The van der Waals surface area contributed by atoms with Gasteiger partial charge < -0.3 is 10.2 Å². The van der Waals surface area contributed by atoms with Gasteiger partial charge in [0.2, 0.25) is 11.8 Å². The van der Waals surface area contributed by atoms with Crippen LogP contribution in [0.4, 0.5) is 10.1 Å². The SMILES string of the molecule is Cc1ccc(S(=O)(=O)N(CC(=O)N(Cc2ccccc2F)[C@@H](C)C(=O)NC(C)C)c2ccc(Cl)cc2C)cc1. The molecule has 2 amide bonds. The van der Waals surface area contributed by atoms with Gasteiger partial charge in [-0.05, 0) is 76.6 Å². The Bertz CT molecular complexity index is 1450. The zero-order valence-corrected chi connectivity index (χ0v) is 24.2. The number of sulfonamides is 1. The Kier molecular flexibility index (Phi) is 9.74. The van der Waals surface area contributed by atoms with E-state index in [-0.39, 0.29) is 28.7 Å². The summed E-state index contributed by atoms with van der Waals surface area (Å²) < 4.78 is 43.4. The molecule has 3 aromatic rings. The molecule has 0 aliphatic carbocycles. The molecule has 7 nitrogen and oxygen atoms in total. The highest BCUT2D eigenvalue weighted by atomic mass is 35.5. The number of hydrogen-bond acceptors (Lipinski definition) is 4. The highest BCUT2D eigenvalue weighted by molar-refractivity contribution is 7.92. The van der Waals surface area contributed by atoms with Crippen LogP contribution in [-0.2, 0) is 26.2 Å². The second kappa shape index (κ2) is 12.6. The quantitative estimate of drug-likeness (QED) is 0.360. The molecule has 10 heteroatoms. The van der Waals surface area contributed by atoms with E-state index >= 15 is 0 Å². The summed E-state index contributed by atoms with van der Waals surface area (Å²) in [6, 6.07) is 15.7. The van der Waals surface area contributed by atoms with Crippen molar-refractivity contribution < 1.29 is 22.4 Å². The largest absolute Gasteiger partial charge is 0.352 e. The van der Waals surface area contributed by atoms with Crippen LogP contribution in [-0.4, -0.2) is 43.8 Å². The average molecular weight is 574 g/mol. The Balaban J connectivity index is 2.08. The molecule has 1 atom stereocenters. The number of hydrogen-bond donors (Lipinski definition) is 1. The third-order valence-electron chi connectivity index (χ3n) is 6.21. The van der Waals surface area contributed by atoms with Gasteiger partial charge in [0.25, 0.3) is 10.0 Å². The molecule has 3 aromatic carbocycles. The van der Waals surface area contributed by atoms with Crippen molar-refractivity contribution >= 4 is 39.1 Å². The van der Waals surface area contributed by atoms with Crippen molar-refractivity contribution in [1.29, 1.82) is 0 Å². The van der Waals surface area contributed by atoms with Gasteiger partial charge in [0.05, 0.1) is 10.6 Å². The van der Waals surface area contributed by atoms with Crippen LogP contribution in [0.3, 0.4) is 0 Å². The molecule has 1 N–H and O–H groups in total. The maximum atomic E-state index is 14.6. The van der Waals surface area contributed by atoms with Gasteiger partial charge in [0, 0.05) is 23.2 Å². The lowest BCUT2D eigenvalue weighted by atomic mass is 10.1. The van der Waals surface area contributed by atoms with E-state index in [9.17, 15) is 22.4 Å². The predicted molar refractivity (Wildman–Crippen MR) is 152 cm³/mol. The molecule has 39 heavy (non-hydrogen) atoms. The van der Waals surface area contributed by atoms with E-state index in [0.717, 1.165) is 9.87 Å². The molecule has 208 valence electrons. The monoisotopic (exact) mass is 573 g/mol. The second-order valence-electron chi connectivity index (χ2n) is 9.71. The Morgan fingerprint density at radius 2 is 1.62 bits per heavy atom. The van der Waals surface area contributed by atoms with Crippen molar-refractivity contribution in [2.75, 3.05) is 10.8 Å². The minimum absolute atomic E-state index is 0.00139. The summed E-state index contributed by atoms with van der Waals surface area (Å²) in [5.41, 5.74) is 1.88. The van der Waals surface area contributed by atoms with Crippen LogP contribution in [0.2, 0.25) is 5.02 Å². The maximum Gasteiger partial charge on any atom is 0.264 e. The molecule has 0 aliphatic rings. The lowest BCUT2D eigenvalue weighted by Gasteiger charge is -2.32. The third-order valence-corrected chi connectivity index (χ3v) is 8.22. The number of rotatable bonds is 10. The first kappa shape index (κ1) is 30.1. The number of carbonyl (C=O) groups is 2. The molecular weight excluding hydrogens is 541 g/mol. The van der Waals surface area contributed by atoms with Crippen LogP contribution in [0.1, 0.15) is 37.5 Å². The van der Waals surface area contributed by atoms with Crippen LogP contribution >= 0.6 is 11.6 Å². The number of nitrogens with one attached hydrogen (secondary N) is 1. The highest BCUT2D eigenvalue weighted by Gasteiger charge is 2.33. The molecule has 0 saturated carbocycles. The van der Waals surface area contributed by atoms with E-state index in [4.69, 9.17) is 11.6 Å². The number of benzene rings is 3. The molecule has 0 heterocycles. The van der Waals surface area contributed by atoms with Crippen molar-refractivity contribution in [1.82, 2.24) is 10.2 Å². The fraction of sp³-hybridized carbons (Fsp3) is 0.310. The fourth-order valence-electron chi connectivity index (χ4n) is 4.05. The van der Waals surface area contributed by atoms with Crippen molar-refractivity contribution in [3.63, 3.8) is 0 Å². The van der Waals surface area contributed by atoms with Crippen LogP contribution in [0.15, 0.2) is 71.6 Å². The second-order valence-corrected chi connectivity index (χ2v) is 12.0. The molecule has 0 fully saturated rings. The Morgan fingerprint density at radius 3 is 2.21 bits per heavy atom. The van der Waals surface area contributed by atoms with E-state index in [1.54, 1.807) is 51.1 Å². The number of halogens is 2. The van der Waals surface area contributed by atoms with Gasteiger partial charge in [-0.3, -0.25) is 13.9 Å². The van der Waals surface area contributed by atoms with Gasteiger partial charge in [-0.15, -0.1) is 0 Å². The van der Waals surface area contributed by atoms with Crippen molar-refractivity contribution in [2.24, 2.45) is 0 Å². The smallest absolute Gasteiger partial charge is 0.264 e. The van der Waals surface area contributed by atoms with Crippen LogP contribution < -0.4 is 9.62 Å². The molecule has 0 unspecified atom stereocenters. The standard InChI is InChI=1S/C29H33ClFN3O4S/c1-19(2)32-29(36)22(5)33(17-23-8-6-7-9-26(23)31)28(35)18-34(27-15-12-24(30)16-21(27)4)39(37,38)25-13-10-20(3)11-14-25/h6-16,19,22H,17-18H2,1-5H3,(H,32,36)/t22-/m0/s1. The summed E-state index contributed by atoms with van der Waals surface area (Å²) in [5, 5.41) is 3.18. The molecule has 0 radical (unpaired) electrons. The lowest BCUT2D eigenvalue weighted by molar-refractivity contribution is -0.139. The van der Waals surface area contributed by atoms with E-state index in [1.165, 1.54) is 48.2 Å². The minimum atomic E-state index is -4.21. The van der Waals surface area contributed by atoms with Crippen LogP contribution in [0.5, 0.6) is 0 Å². The molecule has 0 aliphatic heterocycles. The van der Waals surface area contributed by atoms with Crippen molar-refractivity contribution in [2.45, 2.75) is 58.1 Å². The Morgan fingerprint density at radius 1 is 0.974 bits per heavy atom. The molecule has 3 rings (SSSR count). The molecule has 0 bridgehead atoms. The summed E-state index contributed by atoms with van der Waals surface area (Å²) in [5.74, 6) is -1.65. The number of nitrogens with zero attached hydrogens (tertiary/aromatic N) is 2. The Hall–Kier alpha value is -3.43. The zero-order valence-electron chi connectivity index (χ0n) is 22.6. The zero-order chi connectivity index (χ0) is 28.9. The van der Waals surface area contributed by atoms with E-state index < -0.39 is 40.2 Å². The van der Waals surface area contributed by atoms with Crippen LogP contribution in [0, 0.1) is 19.7 Å². The molecule has 0 saturated heterocycles. The van der Waals surface area contributed by atoms with Gasteiger partial charge >= 0.3 is 0 Å². The van der Waals surface area contributed by atoms with Gasteiger partial charge in [-0.25, -0.2) is 12.8 Å². The normalized spacial score (nSPS) is 12.2. The summed E-state index contributed by atoms with van der Waals surface area (Å²) in [4.78, 5) is 28.0. The summed E-state index contributed by atoms with van der Waals surface area (Å²) in [6.45, 7) is 7.79. The van der Waals surface area contributed by atoms with Crippen LogP contribution in [0.25, 0.3) is 0 Å². The van der Waals surface area contributed by atoms with E-state index in [2.05, 4.69) is 5.32 Å². The first-order valence-electron chi connectivity index (χ1n) is 12.5. The number of anilines is 1. The first-order chi connectivity index (χ1) is 18.3. The van der Waals surface area contributed by atoms with Gasteiger partial charge in [0.15, 0.2) is 0 Å². The predicted octanol–water partition coefficient (Wildman–Crippen LogP) is 5.23. The summed E-state index contributed by atoms with van der Waals surface area (Å²) in [6.07, 6.45) is 0. The number of aryl methyl sites for hydroxylation is 2. The lowest BCUT2D eigenvalue weighted by Crippen LogP contribution is -2.52. The topological polar surface area (TPSA) is 86.8 Å². The van der Waals surface area contributed by atoms with E-state index in [1.807, 2.05) is 6.92 Å². The first-order valence-corrected chi connectivity index (χ1v) is 14.3. The number of carbonyl (C=O) groups excluding carboxylic acids is 2. The average Bonchev–Trinajstić information content (AvgIpc) is 2.86. The van der Waals surface area contributed by atoms with Crippen molar-refractivity contribution in [3.05, 3.63) is 94.3 Å². The van der Waals surface area contributed by atoms with E-state index in [0.29, 0.717) is 10.6 Å². The number of amides is 2. The maximum absolute atomic E-state index is 14.6. The minimum Gasteiger partial charge on any atom is -0.352 e. The third kappa shape index (κ3) is 7.36.